The predicted molar refractivity (Wildman–Crippen MR) is 66.5 cm³/mol. The van der Waals surface area contributed by atoms with E-state index in [2.05, 4.69) is 6.58 Å². The maximum absolute atomic E-state index is 11.3. The van der Waals surface area contributed by atoms with E-state index in [1.54, 1.807) is 6.92 Å². The second kappa shape index (κ2) is 6.86. The number of hydrogen-bond donors (Lipinski definition) is 1. The maximum atomic E-state index is 11.3. The minimum atomic E-state index is -0.839. The van der Waals surface area contributed by atoms with E-state index in [4.69, 9.17) is 4.74 Å². The van der Waals surface area contributed by atoms with Crippen LogP contribution in [0.5, 0.6) is 0 Å². The molecule has 92 valence electrons. The minimum absolute atomic E-state index is 0.128. The largest absolute Gasteiger partial charge is 0.463 e. The molecular weight excluding hydrogens is 216 g/mol. The standard InChI is InChI=1S/C14H18O3/c1-3-17-14(16)11(2)13(15)10-9-12-7-5-4-6-8-12/h4-8,13,15H,2-3,9-10H2,1H3. The molecule has 0 spiro atoms. The average Bonchev–Trinajstić information content (AvgIpc) is 2.36. The van der Waals surface area contributed by atoms with Crippen LogP contribution in [0, 0.1) is 0 Å². The minimum Gasteiger partial charge on any atom is -0.463 e. The number of benzene rings is 1. The summed E-state index contributed by atoms with van der Waals surface area (Å²) in [4.78, 5) is 11.3. The Morgan fingerprint density at radius 2 is 2.06 bits per heavy atom. The van der Waals surface area contributed by atoms with Crippen molar-refractivity contribution < 1.29 is 14.6 Å². The van der Waals surface area contributed by atoms with E-state index < -0.39 is 12.1 Å². The molecule has 0 amide bonds. The van der Waals surface area contributed by atoms with Crippen LogP contribution in [0.25, 0.3) is 0 Å². The van der Waals surface area contributed by atoms with Crippen LogP contribution in [0.15, 0.2) is 42.5 Å². The summed E-state index contributed by atoms with van der Waals surface area (Å²) < 4.78 is 4.78. The second-order valence-corrected chi connectivity index (χ2v) is 3.79. The van der Waals surface area contributed by atoms with Gasteiger partial charge in [-0.15, -0.1) is 0 Å². The molecule has 0 saturated carbocycles. The lowest BCUT2D eigenvalue weighted by Crippen LogP contribution is -2.20. The summed E-state index contributed by atoms with van der Waals surface area (Å²) in [7, 11) is 0. The molecule has 1 unspecified atom stereocenters. The van der Waals surface area contributed by atoms with Gasteiger partial charge in [0.1, 0.15) is 0 Å². The van der Waals surface area contributed by atoms with E-state index in [0.29, 0.717) is 19.4 Å². The molecule has 17 heavy (non-hydrogen) atoms. The van der Waals surface area contributed by atoms with Gasteiger partial charge in [0.2, 0.25) is 0 Å². The first kappa shape index (κ1) is 13.5. The van der Waals surface area contributed by atoms with Crippen molar-refractivity contribution in [3.05, 3.63) is 48.0 Å². The summed E-state index contributed by atoms with van der Waals surface area (Å²) in [5.41, 5.74) is 1.26. The molecule has 1 N–H and O–H groups in total. The van der Waals surface area contributed by atoms with E-state index in [1.807, 2.05) is 30.3 Å². The molecule has 0 bridgehead atoms. The molecule has 3 nitrogen and oxygen atoms in total. The molecule has 0 aliphatic heterocycles. The molecular formula is C14H18O3. The quantitative estimate of drug-likeness (QED) is 0.605. The lowest BCUT2D eigenvalue weighted by molar-refractivity contribution is -0.139. The monoisotopic (exact) mass is 234 g/mol. The number of aryl methyl sites for hydroxylation is 1. The zero-order valence-corrected chi connectivity index (χ0v) is 10.1. The van der Waals surface area contributed by atoms with Crippen molar-refractivity contribution in [3.63, 3.8) is 0 Å². The Bertz CT molecular complexity index is 370. The molecule has 0 saturated heterocycles. The fourth-order valence-electron chi connectivity index (χ4n) is 1.48. The highest BCUT2D eigenvalue weighted by Gasteiger charge is 2.17. The molecule has 0 radical (unpaired) electrons. The Balaban J connectivity index is 2.42. The summed E-state index contributed by atoms with van der Waals surface area (Å²) in [5.74, 6) is -0.520. The molecule has 3 heteroatoms. The van der Waals surface area contributed by atoms with Crippen molar-refractivity contribution >= 4 is 5.97 Å². The van der Waals surface area contributed by atoms with E-state index in [0.717, 1.165) is 5.56 Å². The second-order valence-electron chi connectivity index (χ2n) is 3.79. The Kier molecular flexibility index (Phi) is 5.43. The van der Waals surface area contributed by atoms with E-state index in [-0.39, 0.29) is 5.57 Å². The van der Waals surface area contributed by atoms with Crippen molar-refractivity contribution in [3.8, 4) is 0 Å². The van der Waals surface area contributed by atoms with Crippen LogP contribution < -0.4 is 0 Å². The number of carbonyl (C=O) groups is 1. The SMILES string of the molecule is C=C(C(=O)OCC)C(O)CCc1ccccc1. The van der Waals surface area contributed by atoms with Crippen molar-refractivity contribution in [2.75, 3.05) is 6.61 Å². The van der Waals surface area contributed by atoms with Crippen molar-refractivity contribution in [1.82, 2.24) is 0 Å². The summed E-state index contributed by atoms with van der Waals surface area (Å²) in [5, 5.41) is 9.78. The highest BCUT2D eigenvalue weighted by Crippen LogP contribution is 2.11. The number of aliphatic hydroxyl groups excluding tert-OH is 1. The molecule has 1 aromatic rings. The summed E-state index contributed by atoms with van der Waals surface area (Å²) in [6.07, 6.45) is 0.344. The molecule has 0 heterocycles. The Morgan fingerprint density at radius 3 is 2.65 bits per heavy atom. The number of esters is 1. The van der Waals surface area contributed by atoms with Crippen LogP contribution in [0.1, 0.15) is 18.9 Å². The van der Waals surface area contributed by atoms with Gasteiger partial charge >= 0.3 is 5.97 Å². The van der Waals surface area contributed by atoms with Gasteiger partial charge in [0, 0.05) is 0 Å². The molecule has 0 fully saturated rings. The van der Waals surface area contributed by atoms with Gasteiger partial charge < -0.3 is 9.84 Å². The van der Waals surface area contributed by atoms with Crippen LogP contribution in [0.2, 0.25) is 0 Å². The van der Waals surface area contributed by atoms with Gasteiger partial charge in [-0.3, -0.25) is 0 Å². The fourth-order valence-corrected chi connectivity index (χ4v) is 1.48. The Morgan fingerprint density at radius 1 is 1.41 bits per heavy atom. The van der Waals surface area contributed by atoms with Crippen molar-refractivity contribution in [2.24, 2.45) is 0 Å². The van der Waals surface area contributed by atoms with Crippen LogP contribution in [-0.4, -0.2) is 23.8 Å². The lowest BCUT2D eigenvalue weighted by atomic mass is 10.0. The van der Waals surface area contributed by atoms with Crippen LogP contribution in [0.4, 0.5) is 0 Å². The third kappa shape index (κ3) is 4.41. The number of rotatable bonds is 6. The first-order valence-electron chi connectivity index (χ1n) is 5.73. The maximum Gasteiger partial charge on any atom is 0.336 e. The van der Waals surface area contributed by atoms with Crippen molar-refractivity contribution in [1.29, 1.82) is 0 Å². The van der Waals surface area contributed by atoms with Crippen molar-refractivity contribution in [2.45, 2.75) is 25.9 Å². The van der Waals surface area contributed by atoms with Crippen LogP contribution >= 0.6 is 0 Å². The average molecular weight is 234 g/mol. The Labute approximate surface area is 102 Å². The molecule has 1 rings (SSSR count). The third-order valence-corrected chi connectivity index (χ3v) is 2.49. The zero-order valence-electron chi connectivity index (χ0n) is 10.1. The number of hydrogen-bond acceptors (Lipinski definition) is 3. The number of carbonyl (C=O) groups excluding carboxylic acids is 1. The van der Waals surface area contributed by atoms with E-state index >= 15 is 0 Å². The molecule has 1 atom stereocenters. The normalized spacial score (nSPS) is 11.9. The fraction of sp³-hybridized carbons (Fsp3) is 0.357. The number of ether oxygens (including phenoxy) is 1. The topological polar surface area (TPSA) is 46.5 Å². The zero-order chi connectivity index (χ0) is 12.7. The Hall–Kier alpha value is -1.61. The van der Waals surface area contributed by atoms with Crippen LogP contribution in [0.3, 0.4) is 0 Å². The van der Waals surface area contributed by atoms with E-state index in [1.165, 1.54) is 0 Å². The molecule has 0 aliphatic carbocycles. The summed E-state index contributed by atoms with van der Waals surface area (Å²) in [6.45, 7) is 5.58. The van der Waals surface area contributed by atoms with Gasteiger partial charge in [0.05, 0.1) is 18.3 Å². The number of aliphatic hydroxyl groups is 1. The molecule has 1 aromatic carbocycles. The first-order chi connectivity index (χ1) is 8.15. The lowest BCUT2D eigenvalue weighted by Gasteiger charge is -2.12. The third-order valence-electron chi connectivity index (χ3n) is 2.49. The van der Waals surface area contributed by atoms with Gasteiger partial charge in [-0.05, 0) is 25.3 Å². The van der Waals surface area contributed by atoms with Gasteiger partial charge in [-0.2, -0.15) is 0 Å². The molecule has 0 aromatic heterocycles. The smallest absolute Gasteiger partial charge is 0.336 e. The summed E-state index contributed by atoms with van der Waals surface area (Å²) >= 11 is 0. The van der Waals surface area contributed by atoms with Gasteiger partial charge in [0.15, 0.2) is 0 Å². The highest BCUT2D eigenvalue weighted by atomic mass is 16.5. The van der Waals surface area contributed by atoms with E-state index in [9.17, 15) is 9.90 Å². The van der Waals surface area contributed by atoms with Gasteiger partial charge in [0.25, 0.3) is 0 Å². The predicted octanol–water partition coefficient (Wildman–Crippen LogP) is 2.10. The summed E-state index contributed by atoms with van der Waals surface area (Å²) in [6, 6.07) is 9.81. The van der Waals surface area contributed by atoms with Gasteiger partial charge in [-0.1, -0.05) is 36.9 Å². The van der Waals surface area contributed by atoms with Crippen LogP contribution in [-0.2, 0) is 16.0 Å². The first-order valence-corrected chi connectivity index (χ1v) is 5.73. The molecule has 0 aliphatic rings. The highest BCUT2D eigenvalue weighted by molar-refractivity contribution is 5.88. The van der Waals surface area contributed by atoms with Gasteiger partial charge in [-0.25, -0.2) is 4.79 Å².